The molecule has 1 aromatic heterocycles. The van der Waals surface area contributed by atoms with Gasteiger partial charge in [0.2, 0.25) is 0 Å². The highest BCUT2D eigenvalue weighted by Crippen LogP contribution is 2.09. The molecule has 0 aliphatic rings. The van der Waals surface area contributed by atoms with Gasteiger partial charge in [0.05, 0.1) is 0 Å². The van der Waals surface area contributed by atoms with E-state index in [9.17, 15) is 4.79 Å². The van der Waals surface area contributed by atoms with Crippen LogP contribution >= 0.6 is 11.3 Å². The lowest BCUT2D eigenvalue weighted by molar-refractivity contribution is -0.119. The van der Waals surface area contributed by atoms with Crippen LogP contribution in [0.5, 0.6) is 0 Å². The zero-order valence-electron chi connectivity index (χ0n) is 8.37. The zero-order chi connectivity index (χ0) is 10.2. The Morgan fingerprint density at radius 1 is 1.36 bits per heavy atom. The first-order valence-corrected chi connectivity index (χ1v) is 6.00. The highest BCUT2D eigenvalue weighted by atomic mass is 32.1. The molecule has 2 N–H and O–H groups in total. The van der Waals surface area contributed by atoms with Crippen molar-refractivity contribution in [3.63, 3.8) is 0 Å². The van der Waals surface area contributed by atoms with Crippen molar-refractivity contribution in [1.29, 1.82) is 0 Å². The lowest BCUT2D eigenvalue weighted by Gasteiger charge is -1.98. The average Bonchev–Trinajstić information content (AvgIpc) is 2.68. The summed E-state index contributed by atoms with van der Waals surface area (Å²) in [6.45, 7) is 0.692. The first-order chi connectivity index (χ1) is 6.83. The normalized spacial score (nSPS) is 10.4. The molecule has 0 amide bonds. The van der Waals surface area contributed by atoms with Gasteiger partial charge >= 0.3 is 0 Å². The number of rotatable bonds is 7. The number of thiophene rings is 1. The van der Waals surface area contributed by atoms with E-state index in [4.69, 9.17) is 5.73 Å². The Bertz CT molecular complexity index is 256. The molecule has 0 spiro atoms. The Balaban J connectivity index is 2.09. The van der Waals surface area contributed by atoms with Crippen LogP contribution in [0.2, 0.25) is 0 Å². The van der Waals surface area contributed by atoms with Crippen LogP contribution in [-0.2, 0) is 11.2 Å². The molecule has 0 saturated carbocycles. The number of unbranched alkanes of at least 4 members (excludes halogenated alkanes) is 1. The first kappa shape index (κ1) is 11.4. The minimum atomic E-state index is 0.365. The van der Waals surface area contributed by atoms with Crippen LogP contribution in [0.3, 0.4) is 0 Å². The summed E-state index contributed by atoms with van der Waals surface area (Å²) in [7, 11) is 0. The van der Waals surface area contributed by atoms with E-state index in [1.54, 1.807) is 11.3 Å². The van der Waals surface area contributed by atoms with E-state index in [0.717, 1.165) is 19.3 Å². The predicted molar refractivity (Wildman–Crippen MR) is 60.6 cm³/mol. The number of hydrogen-bond donors (Lipinski definition) is 1. The first-order valence-electron chi connectivity index (χ1n) is 5.06. The van der Waals surface area contributed by atoms with Crippen molar-refractivity contribution in [1.82, 2.24) is 0 Å². The second-order valence-electron chi connectivity index (χ2n) is 3.42. The van der Waals surface area contributed by atoms with Gasteiger partial charge in [0, 0.05) is 12.8 Å². The minimum Gasteiger partial charge on any atom is -0.330 e. The lowest BCUT2D eigenvalue weighted by atomic mass is 10.1. The average molecular weight is 211 g/mol. The van der Waals surface area contributed by atoms with Gasteiger partial charge in [-0.1, -0.05) is 0 Å². The monoisotopic (exact) mass is 211 g/mol. The zero-order valence-corrected chi connectivity index (χ0v) is 9.19. The second kappa shape index (κ2) is 6.74. The summed E-state index contributed by atoms with van der Waals surface area (Å²) in [4.78, 5) is 11.4. The van der Waals surface area contributed by atoms with Gasteiger partial charge in [-0.05, 0) is 48.2 Å². The van der Waals surface area contributed by atoms with Crippen molar-refractivity contribution in [3.8, 4) is 0 Å². The van der Waals surface area contributed by atoms with Crippen LogP contribution in [0, 0.1) is 0 Å². The molecular weight excluding hydrogens is 194 g/mol. The van der Waals surface area contributed by atoms with Gasteiger partial charge in [-0.2, -0.15) is 11.3 Å². The van der Waals surface area contributed by atoms with Crippen LogP contribution in [0.25, 0.3) is 0 Å². The Kier molecular flexibility index (Phi) is 5.49. The molecule has 0 aromatic carbocycles. The molecule has 0 unspecified atom stereocenters. The Morgan fingerprint density at radius 2 is 2.21 bits per heavy atom. The molecule has 1 rings (SSSR count). The summed E-state index contributed by atoms with van der Waals surface area (Å²) >= 11 is 1.68. The number of ketones is 1. The Labute approximate surface area is 89.1 Å². The number of nitrogens with two attached hydrogens (primary N) is 1. The molecule has 0 atom stereocenters. The summed E-state index contributed by atoms with van der Waals surface area (Å²) in [5, 5.41) is 4.15. The molecule has 0 aliphatic heterocycles. The molecule has 1 aromatic rings. The summed E-state index contributed by atoms with van der Waals surface area (Å²) < 4.78 is 0. The van der Waals surface area contributed by atoms with Crippen LogP contribution in [-0.4, -0.2) is 12.3 Å². The van der Waals surface area contributed by atoms with Gasteiger partial charge in [-0.3, -0.25) is 4.79 Å². The third-order valence-electron chi connectivity index (χ3n) is 2.18. The maximum absolute atomic E-state index is 11.4. The molecule has 0 aliphatic carbocycles. The Morgan fingerprint density at radius 3 is 2.86 bits per heavy atom. The topological polar surface area (TPSA) is 43.1 Å². The molecule has 2 nitrogen and oxygen atoms in total. The largest absolute Gasteiger partial charge is 0.330 e. The van der Waals surface area contributed by atoms with E-state index in [-0.39, 0.29) is 0 Å². The van der Waals surface area contributed by atoms with Crippen molar-refractivity contribution < 1.29 is 4.79 Å². The number of hydrogen-bond acceptors (Lipinski definition) is 3. The van der Waals surface area contributed by atoms with Crippen molar-refractivity contribution in [3.05, 3.63) is 22.4 Å². The van der Waals surface area contributed by atoms with E-state index in [2.05, 4.69) is 11.4 Å². The molecule has 3 heteroatoms. The van der Waals surface area contributed by atoms with Gasteiger partial charge in [0.15, 0.2) is 0 Å². The van der Waals surface area contributed by atoms with E-state index >= 15 is 0 Å². The third-order valence-corrected chi connectivity index (χ3v) is 2.91. The lowest BCUT2D eigenvalue weighted by Crippen LogP contribution is -2.03. The molecule has 0 fully saturated rings. The fraction of sp³-hybridized carbons (Fsp3) is 0.545. The number of aryl methyl sites for hydroxylation is 1. The van der Waals surface area contributed by atoms with Crippen LogP contribution in [0.4, 0.5) is 0 Å². The summed E-state index contributed by atoms with van der Waals surface area (Å²) in [5.74, 6) is 0.365. The van der Waals surface area contributed by atoms with E-state index in [1.165, 1.54) is 5.56 Å². The number of Topliss-reactive ketones (excluding diaryl/α,β-unsaturated/α-hetero) is 1. The van der Waals surface area contributed by atoms with Gasteiger partial charge in [-0.25, -0.2) is 0 Å². The maximum Gasteiger partial charge on any atom is 0.133 e. The van der Waals surface area contributed by atoms with Crippen molar-refractivity contribution >= 4 is 17.1 Å². The van der Waals surface area contributed by atoms with Crippen LogP contribution in [0.15, 0.2) is 16.8 Å². The van der Waals surface area contributed by atoms with Gasteiger partial charge in [-0.15, -0.1) is 0 Å². The van der Waals surface area contributed by atoms with Crippen molar-refractivity contribution in [2.24, 2.45) is 5.73 Å². The molecule has 0 radical (unpaired) electrons. The molecule has 0 saturated heterocycles. The highest BCUT2D eigenvalue weighted by molar-refractivity contribution is 7.07. The molecular formula is C11H17NOS. The maximum atomic E-state index is 11.4. The summed E-state index contributed by atoms with van der Waals surface area (Å²) in [5.41, 5.74) is 6.64. The molecule has 14 heavy (non-hydrogen) atoms. The quantitative estimate of drug-likeness (QED) is 0.704. The van der Waals surface area contributed by atoms with Gasteiger partial charge in [0.1, 0.15) is 5.78 Å². The van der Waals surface area contributed by atoms with Crippen molar-refractivity contribution in [2.45, 2.75) is 32.1 Å². The predicted octanol–water partition coefficient (Wildman–Crippen LogP) is 2.38. The molecule has 78 valence electrons. The highest BCUT2D eigenvalue weighted by Gasteiger charge is 2.02. The fourth-order valence-electron chi connectivity index (χ4n) is 1.31. The van der Waals surface area contributed by atoms with E-state index < -0.39 is 0 Å². The SMILES string of the molecule is NCCCCC(=O)CCc1ccsc1. The Hall–Kier alpha value is -0.670. The number of carbonyl (C=O) groups is 1. The summed E-state index contributed by atoms with van der Waals surface area (Å²) in [6, 6.07) is 2.08. The third kappa shape index (κ3) is 4.53. The van der Waals surface area contributed by atoms with E-state index in [0.29, 0.717) is 25.2 Å². The second-order valence-corrected chi connectivity index (χ2v) is 4.20. The van der Waals surface area contributed by atoms with E-state index in [1.807, 2.05) is 5.38 Å². The van der Waals surface area contributed by atoms with Gasteiger partial charge in [0.25, 0.3) is 0 Å². The standard InChI is InChI=1S/C11H17NOS/c12-7-2-1-3-11(13)5-4-10-6-8-14-9-10/h6,8-9H,1-5,7,12H2. The van der Waals surface area contributed by atoms with Crippen LogP contribution < -0.4 is 5.73 Å². The van der Waals surface area contributed by atoms with Gasteiger partial charge < -0.3 is 5.73 Å². The summed E-state index contributed by atoms with van der Waals surface area (Å²) in [6.07, 6.45) is 4.18. The van der Waals surface area contributed by atoms with Crippen LogP contribution in [0.1, 0.15) is 31.2 Å². The van der Waals surface area contributed by atoms with Crippen molar-refractivity contribution in [2.75, 3.05) is 6.54 Å². The molecule has 0 bridgehead atoms. The number of carbonyl (C=O) groups excluding carboxylic acids is 1. The smallest absolute Gasteiger partial charge is 0.133 e. The minimum absolute atomic E-state index is 0.365. The molecule has 1 heterocycles. The fourth-order valence-corrected chi connectivity index (χ4v) is 2.01.